The largest absolute Gasteiger partial charge is 0.481 e. The van der Waals surface area contributed by atoms with Crippen molar-refractivity contribution in [2.24, 2.45) is 11.8 Å². The highest BCUT2D eigenvalue weighted by Crippen LogP contribution is 2.31. The third-order valence-electron chi connectivity index (χ3n) is 3.05. The summed E-state index contributed by atoms with van der Waals surface area (Å²) >= 11 is 0. The number of nitrogens with one attached hydrogen (secondary N) is 2. The van der Waals surface area contributed by atoms with E-state index in [-0.39, 0.29) is 12.5 Å². The van der Waals surface area contributed by atoms with Crippen molar-refractivity contribution in [1.82, 2.24) is 9.44 Å². The van der Waals surface area contributed by atoms with Gasteiger partial charge in [-0.05, 0) is 25.2 Å². The van der Waals surface area contributed by atoms with Crippen LogP contribution in [-0.4, -0.2) is 32.6 Å². The molecule has 1 saturated carbocycles. The van der Waals surface area contributed by atoms with Gasteiger partial charge in [0.2, 0.25) is 0 Å². The molecule has 1 aliphatic rings. The fraction of sp³-hybridized carbons (Fsp3) is 0.900. The van der Waals surface area contributed by atoms with E-state index in [4.69, 9.17) is 5.11 Å². The molecule has 0 amide bonds. The molecule has 1 rings (SSSR count). The van der Waals surface area contributed by atoms with Crippen molar-refractivity contribution in [3.8, 4) is 0 Å². The fourth-order valence-corrected chi connectivity index (χ4v) is 3.12. The second kappa shape index (κ2) is 6.32. The van der Waals surface area contributed by atoms with E-state index in [1.807, 2.05) is 6.92 Å². The van der Waals surface area contributed by atoms with Gasteiger partial charge in [0.25, 0.3) is 10.2 Å². The van der Waals surface area contributed by atoms with Gasteiger partial charge in [0.15, 0.2) is 0 Å². The molecule has 17 heavy (non-hydrogen) atoms. The predicted molar refractivity (Wildman–Crippen MR) is 63.7 cm³/mol. The minimum absolute atomic E-state index is 0.0919. The van der Waals surface area contributed by atoms with Crippen LogP contribution >= 0.6 is 0 Å². The van der Waals surface area contributed by atoms with Crippen molar-refractivity contribution in [1.29, 1.82) is 0 Å². The van der Waals surface area contributed by atoms with Gasteiger partial charge >= 0.3 is 5.97 Å². The Morgan fingerprint density at radius 2 is 2.06 bits per heavy atom. The lowest BCUT2D eigenvalue weighted by Gasteiger charge is -2.16. The quantitative estimate of drug-likeness (QED) is 0.617. The number of carboxylic acids is 1. The lowest BCUT2D eigenvalue weighted by molar-refractivity contribution is -0.142. The van der Waals surface area contributed by atoms with E-state index in [1.165, 1.54) is 0 Å². The van der Waals surface area contributed by atoms with Gasteiger partial charge in [-0.3, -0.25) is 4.79 Å². The average Bonchev–Trinajstić information content (AvgIpc) is 2.72. The molecule has 0 spiro atoms. The molecule has 0 radical (unpaired) electrons. The zero-order chi connectivity index (χ0) is 12.9. The van der Waals surface area contributed by atoms with Gasteiger partial charge in [-0.15, -0.1) is 0 Å². The van der Waals surface area contributed by atoms with Crippen LogP contribution in [-0.2, 0) is 15.0 Å². The zero-order valence-electron chi connectivity index (χ0n) is 9.98. The molecule has 1 fully saturated rings. The van der Waals surface area contributed by atoms with Crippen molar-refractivity contribution in [3.05, 3.63) is 0 Å². The molecule has 0 aromatic carbocycles. The molecule has 0 heterocycles. The fourth-order valence-electron chi connectivity index (χ4n) is 2.11. The van der Waals surface area contributed by atoms with Crippen LogP contribution in [0.15, 0.2) is 0 Å². The minimum Gasteiger partial charge on any atom is -0.481 e. The summed E-state index contributed by atoms with van der Waals surface area (Å²) in [4.78, 5) is 10.9. The third-order valence-corrected chi connectivity index (χ3v) is 4.18. The van der Waals surface area contributed by atoms with E-state index < -0.39 is 22.1 Å². The second-order valence-electron chi connectivity index (χ2n) is 4.38. The Kier molecular flexibility index (Phi) is 5.35. The van der Waals surface area contributed by atoms with Gasteiger partial charge in [-0.2, -0.15) is 8.42 Å². The Balaban J connectivity index is 2.42. The molecule has 3 N–H and O–H groups in total. The number of hydrogen-bond acceptors (Lipinski definition) is 3. The summed E-state index contributed by atoms with van der Waals surface area (Å²) in [6, 6.07) is 0. The minimum atomic E-state index is -3.47. The van der Waals surface area contributed by atoms with E-state index in [0.29, 0.717) is 13.0 Å². The molecule has 0 aromatic heterocycles. The molecular formula is C10H20N2O4S. The summed E-state index contributed by atoms with van der Waals surface area (Å²) in [6.07, 6.45) is 2.99. The Morgan fingerprint density at radius 1 is 1.35 bits per heavy atom. The van der Waals surface area contributed by atoms with Crippen molar-refractivity contribution >= 4 is 16.2 Å². The maximum atomic E-state index is 11.5. The van der Waals surface area contributed by atoms with E-state index in [0.717, 1.165) is 19.3 Å². The summed E-state index contributed by atoms with van der Waals surface area (Å²) in [5.74, 6) is -1.33. The summed E-state index contributed by atoms with van der Waals surface area (Å²) in [6.45, 7) is 2.47. The summed E-state index contributed by atoms with van der Waals surface area (Å²) in [7, 11) is -3.47. The smallest absolute Gasteiger partial charge is 0.306 e. The number of aliphatic carboxylic acids is 1. The molecule has 2 unspecified atom stereocenters. The van der Waals surface area contributed by atoms with Crippen molar-refractivity contribution in [2.75, 3.05) is 13.1 Å². The van der Waals surface area contributed by atoms with Crippen molar-refractivity contribution < 1.29 is 18.3 Å². The molecule has 7 heteroatoms. The van der Waals surface area contributed by atoms with Gasteiger partial charge in [0.05, 0.1) is 5.92 Å². The Hall–Kier alpha value is -0.660. The maximum absolute atomic E-state index is 11.5. The lowest BCUT2D eigenvalue weighted by Crippen LogP contribution is -2.40. The highest BCUT2D eigenvalue weighted by molar-refractivity contribution is 7.87. The van der Waals surface area contributed by atoms with Crippen LogP contribution in [0.25, 0.3) is 0 Å². The van der Waals surface area contributed by atoms with Crippen LogP contribution in [0.2, 0.25) is 0 Å². The predicted octanol–water partition coefficient (Wildman–Crippen LogP) is 0.321. The molecule has 0 saturated heterocycles. The van der Waals surface area contributed by atoms with Crippen LogP contribution in [0.5, 0.6) is 0 Å². The number of hydrogen-bond donors (Lipinski definition) is 3. The summed E-state index contributed by atoms with van der Waals surface area (Å²) in [5, 5.41) is 8.96. The van der Waals surface area contributed by atoms with E-state index in [2.05, 4.69) is 9.44 Å². The highest BCUT2D eigenvalue weighted by atomic mass is 32.2. The molecule has 0 aliphatic heterocycles. The summed E-state index contributed by atoms with van der Waals surface area (Å²) in [5.41, 5.74) is 0. The highest BCUT2D eigenvalue weighted by Gasteiger charge is 2.33. The number of carbonyl (C=O) groups is 1. The first-order chi connectivity index (χ1) is 7.96. The molecule has 6 nitrogen and oxygen atoms in total. The van der Waals surface area contributed by atoms with Gasteiger partial charge in [-0.25, -0.2) is 9.44 Å². The average molecular weight is 264 g/mol. The molecular weight excluding hydrogens is 244 g/mol. The first kappa shape index (κ1) is 14.4. The van der Waals surface area contributed by atoms with Crippen molar-refractivity contribution in [3.63, 3.8) is 0 Å². The van der Waals surface area contributed by atoms with Gasteiger partial charge in [-0.1, -0.05) is 13.3 Å². The van der Waals surface area contributed by atoms with Crippen LogP contribution < -0.4 is 9.44 Å². The molecule has 0 bridgehead atoms. The van der Waals surface area contributed by atoms with Gasteiger partial charge < -0.3 is 5.11 Å². The SMILES string of the molecule is CCCNS(=O)(=O)NCC1CCCC1C(=O)O. The van der Waals surface area contributed by atoms with Crippen LogP contribution in [0, 0.1) is 11.8 Å². The van der Waals surface area contributed by atoms with E-state index >= 15 is 0 Å². The van der Waals surface area contributed by atoms with Crippen LogP contribution in [0.1, 0.15) is 32.6 Å². The van der Waals surface area contributed by atoms with E-state index in [1.54, 1.807) is 0 Å². The molecule has 0 aromatic rings. The molecule has 2 atom stereocenters. The molecule has 1 aliphatic carbocycles. The third kappa shape index (κ3) is 4.61. The standard InChI is InChI=1S/C10H20N2O4S/c1-2-6-11-17(15,16)12-7-8-4-3-5-9(8)10(13)14/h8-9,11-12H,2-7H2,1H3,(H,13,14). The van der Waals surface area contributed by atoms with E-state index in [9.17, 15) is 13.2 Å². The number of carboxylic acid groups (broad SMARTS) is 1. The van der Waals surface area contributed by atoms with Crippen LogP contribution in [0.4, 0.5) is 0 Å². The Labute approximate surface area is 102 Å². The van der Waals surface area contributed by atoms with Crippen molar-refractivity contribution in [2.45, 2.75) is 32.6 Å². The second-order valence-corrected chi connectivity index (χ2v) is 5.97. The normalized spacial score (nSPS) is 25.0. The first-order valence-corrected chi connectivity index (χ1v) is 7.41. The number of rotatable bonds is 7. The van der Waals surface area contributed by atoms with Gasteiger partial charge in [0, 0.05) is 13.1 Å². The summed E-state index contributed by atoms with van der Waals surface area (Å²) < 4.78 is 27.7. The van der Waals surface area contributed by atoms with Crippen LogP contribution in [0.3, 0.4) is 0 Å². The van der Waals surface area contributed by atoms with Gasteiger partial charge in [0.1, 0.15) is 0 Å². The Morgan fingerprint density at radius 3 is 2.65 bits per heavy atom. The topological polar surface area (TPSA) is 95.5 Å². The lowest BCUT2D eigenvalue weighted by atomic mass is 9.97. The Bertz CT molecular complexity index is 355. The monoisotopic (exact) mass is 264 g/mol. The maximum Gasteiger partial charge on any atom is 0.306 e. The first-order valence-electron chi connectivity index (χ1n) is 5.93. The zero-order valence-corrected chi connectivity index (χ0v) is 10.8. The molecule has 100 valence electrons.